The van der Waals surface area contributed by atoms with Crippen molar-refractivity contribution in [3.8, 4) is 0 Å². The van der Waals surface area contributed by atoms with E-state index in [-0.39, 0.29) is 18.4 Å². The first-order valence-corrected chi connectivity index (χ1v) is 9.64. The molecule has 1 N–H and O–H groups in total. The lowest BCUT2D eigenvalue weighted by Gasteiger charge is -2.38. The van der Waals surface area contributed by atoms with Crippen molar-refractivity contribution < 1.29 is 19.1 Å². The zero-order chi connectivity index (χ0) is 19.2. The molecule has 27 heavy (non-hydrogen) atoms. The van der Waals surface area contributed by atoms with E-state index in [0.717, 1.165) is 44.8 Å². The predicted molar refractivity (Wildman–Crippen MR) is 102 cm³/mol. The molecule has 0 radical (unpaired) electrons. The highest BCUT2D eigenvalue weighted by Crippen LogP contribution is 2.30. The summed E-state index contributed by atoms with van der Waals surface area (Å²) >= 11 is 5.96. The van der Waals surface area contributed by atoms with E-state index in [1.807, 2.05) is 12.1 Å². The lowest BCUT2D eigenvalue weighted by molar-refractivity contribution is -0.162. The van der Waals surface area contributed by atoms with Gasteiger partial charge in [0.25, 0.3) is 5.91 Å². The number of nitrogens with one attached hydrogen (secondary N) is 1. The maximum atomic E-state index is 12.7. The first-order chi connectivity index (χ1) is 13.1. The maximum absolute atomic E-state index is 12.7. The lowest BCUT2D eigenvalue weighted by atomic mass is 9.97. The molecule has 2 aliphatic rings. The minimum Gasteiger partial charge on any atom is -0.379 e. The van der Waals surface area contributed by atoms with E-state index in [1.165, 1.54) is 0 Å². The molecule has 7 nitrogen and oxygen atoms in total. The monoisotopic (exact) mass is 395 g/mol. The van der Waals surface area contributed by atoms with Crippen LogP contribution in [-0.2, 0) is 19.1 Å². The minimum absolute atomic E-state index is 0.0908. The standard InChI is InChI=1S/C19H26ClN3O4/c1-22-16(24)13-27-18(17(22)14-3-5-15(20)6-4-14)19(25)21-7-2-8-23-9-11-26-12-10-23/h3-6,17-18H,2,7-13H2,1H3,(H,21,25). The van der Waals surface area contributed by atoms with Crippen molar-refractivity contribution >= 4 is 23.4 Å². The summed E-state index contributed by atoms with van der Waals surface area (Å²) in [5, 5.41) is 3.56. The van der Waals surface area contributed by atoms with Crippen LogP contribution in [0.2, 0.25) is 5.02 Å². The molecular formula is C19H26ClN3O4. The number of carbonyl (C=O) groups is 2. The van der Waals surface area contributed by atoms with Gasteiger partial charge in [-0.15, -0.1) is 0 Å². The SMILES string of the molecule is CN1C(=O)COC(C(=O)NCCCN2CCOCC2)C1c1ccc(Cl)cc1. The van der Waals surface area contributed by atoms with Crippen molar-refractivity contribution in [2.75, 3.05) is 53.0 Å². The highest BCUT2D eigenvalue weighted by Gasteiger charge is 2.39. The van der Waals surface area contributed by atoms with Crippen molar-refractivity contribution in [2.45, 2.75) is 18.6 Å². The Morgan fingerprint density at radius 2 is 1.96 bits per heavy atom. The molecule has 3 rings (SSSR count). The molecule has 0 saturated carbocycles. The second-order valence-electron chi connectivity index (χ2n) is 6.83. The number of rotatable bonds is 6. The quantitative estimate of drug-likeness (QED) is 0.730. The topological polar surface area (TPSA) is 71.1 Å². The van der Waals surface area contributed by atoms with Crippen molar-refractivity contribution in [3.63, 3.8) is 0 Å². The van der Waals surface area contributed by atoms with Gasteiger partial charge in [-0.3, -0.25) is 14.5 Å². The molecule has 0 aromatic heterocycles. The Bertz CT molecular complexity index is 649. The van der Waals surface area contributed by atoms with E-state index < -0.39 is 12.1 Å². The number of halogens is 1. The van der Waals surface area contributed by atoms with Crippen LogP contribution >= 0.6 is 11.6 Å². The molecule has 2 atom stereocenters. The molecule has 8 heteroatoms. The van der Waals surface area contributed by atoms with Crippen LogP contribution in [0.4, 0.5) is 0 Å². The van der Waals surface area contributed by atoms with Gasteiger partial charge in [-0.1, -0.05) is 23.7 Å². The summed E-state index contributed by atoms with van der Waals surface area (Å²) < 4.78 is 10.9. The largest absolute Gasteiger partial charge is 0.379 e. The van der Waals surface area contributed by atoms with E-state index in [2.05, 4.69) is 10.2 Å². The van der Waals surface area contributed by atoms with Gasteiger partial charge in [0, 0.05) is 31.7 Å². The summed E-state index contributed by atoms with van der Waals surface area (Å²) in [5.41, 5.74) is 0.823. The van der Waals surface area contributed by atoms with Gasteiger partial charge < -0.3 is 19.7 Å². The first kappa shape index (κ1) is 20.1. The fraction of sp³-hybridized carbons (Fsp3) is 0.579. The van der Waals surface area contributed by atoms with Crippen LogP contribution in [0.15, 0.2) is 24.3 Å². The van der Waals surface area contributed by atoms with Gasteiger partial charge >= 0.3 is 0 Å². The number of hydrogen-bond donors (Lipinski definition) is 1. The molecule has 1 aromatic carbocycles. The fourth-order valence-corrected chi connectivity index (χ4v) is 3.56. The highest BCUT2D eigenvalue weighted by molar-refractivity contribution is 6.30. The number of ether oxygens (including phenoxy) is 2. The molecule has 0 spiro atoms. The summed E-state index contributed by atoms with van der Waals surface area (Å²) in [6.07, 6.45) is 0.121. The van der Waals surface area contributed by atoms with Crippen LogP contribution in [0, 0.1) is 0 Å². The van der Waals surface area contributed by atoms with Gasteiger partial charge in [-0.25, -0.2) is 0 Å². The van der Waals surface area contributed by atoms with E-state index in [9.17, 15) is 9.59 Å². The highest BCUT2D eigenvalue weighted by atomic mass is 35.5. The Kier molecular flexibility index (Phi) is 7.07. The Hall–Kier alpha value is -1.67. The molecule has 2 unspecified atom stereocenters. The van der Waals surface area contributed by atoms with Gasteiger partial charge in [-0.05, 0) is 30.7 Å². The van der Waals surface area contributed by atoms with Crippen molar-refractivity contribution in [3.05, 3.63) is 34.9 Å². The third kappa shape index (κ3) is 5.19. The van der Waals surface area contributed by atoms with E-state index >= 15 is 0 Å². The summed E-state index contributed by atoms with van der Waals surface area (Å²) in [7, 11) is 1.70. The van der Waals surface area contributed by atoms with Crippen LogP contribution in [0.1, 0.15) is 18.0 Å². The summed E-state index contributed by atoms with van der Waals surface area (Å²) in [6, 6.07) is 6.68. The van der Waals surface area contributed by atoms with Gasteiger partial charge in [0.1, 0.15) is 6.61 Å². The molecule has 2 saturated heterocycles. The van der Waals surface area contributed by atoms with Crippen molar-refractivity contribution in [1.29, 1.82) is 0 Å². The van der Waals surface area contributed by atoms with Gasteiger partial charge in [0.05, 0.1) is 19.3 Å². The zero-order valence-corrected chi connectivity index (χ0v) is 16.3. The number of carbonyl (C=O) groups excluding carboxylic acids is 2. The van der Waals surface area contributed by atoms with E-state index in [0.29, 0.717) is 11.6 Å². The van der Waals surface area contributed by atoms with Gasteiger partial charge in [0.2, 0.25) is 5.91 Å². The minimum atomic E-state index is -0.739. The van der Waals surface area contributed by atoms with Crippen LogP contribution in [-0.4, -0.2) is 80.8 Å². The Morgan fingerprint density at radius 3 is 2.67 bits per heavy atom. The average Bonchev–Trinajstić information content (AvgIpc) is 2.69. The molecule has 2 fully saturated rings. The van der Waals surface area contributed by atoms with Crippen LogP contribution in [0.25, 0.3) is 0 Å². The number of hydrogen-bond acceptors (Lipinski definition) is 5. The molecule has 2 aliphatic heterocycles. The van der Waals surface area contributed by atoms with Crippen molar-refractivity contribution in [2.24, 2.45) is 0 Å². The molecule has 2 heterocycles. The third-order valence-electron chi connectivity index (χ3n) is 5.01. The summed E-state index contributed by atoms with van der Waals surface area (Å²) in [5.74, 6) is -0.345. The molecular weight excluding hydrogens is 370 g/mol. The normalized spacial score (nSPS) is 24.1. The Balaban J connectivity index is 1.57. The van der Waals surface area contributed by atoms with E-state index in [1.54, 1.807) is 24.1 Å². The second kappa shape index (κ2) is 9.50. The van der Waals surface area contributed by atoms with Crippen LogP contribution < -0.4 is 5.32 Å². The molecule has 2 amide bonds. The predicted octanol–water partition coefficient (Wildman–Crippen LogP) is 1.08. The van der Waals surface area contributed by atoms with Crippen LogP contribution in [0.5, 0.6) is 0 Å². The Labute approximate surface area is 164 Å². The Morgan fingerprint density at radius 1 is 1.26 bits per heavy atom. The van der Waals surface area contributed by atoms with Crippen LogP contribution in [0.3, 0.4) is 0 Å². The summed E-state index contributed by atoms with van der Waals surface area (Å²) in [6.45, 7) is 4.81. The number of morpholine rings is 2. The fourth-order valence-electron chi connectivity index (χ4n) is 3.43. The lowest BCUT2D eigenvalue weighted by Crippen LogP contribution is -2.53. The second-order valence-corrected chi connectivity index (χ2v) is 7.27. The van der Waals surface area contributed by atoms with Crippen molar-refractivity contribution in [1.82, 2.24) is 15.1 Å². The molecule has 0 bridgehead atoms. The smallest absolute Gasteiger partial charge is 0.251 e. The zero-order valence-electron chi connectivity index (χ0n) is 15.5. The van der Waals surface area contributed by atoms with E-state index in [4.69, 9.17) is 21.1 Å². The summed E-state index contributed by atoms with van der Waals surface area (Å²) in [4.78, 5) is 28.7. The number of likely N-dealkylation sites (N-methyl/N-ethyl adjacent to an activating group) is 1. The number of amides is 2. The average molecular weight is 396 g/mol. The third-order valence-corrected chi connectivity index (χ3v) is 5.26. The molecule has 0 aliphatic carbocycles. The van der Waals surface area contributed by atoms with Gasteiger partial charge in [-0.2, -0.15) is 0 Å². The number of benzene rings is 1. The maximum Gasteiger partial charge on any atom is 0.251 e. The number of nitrogens with zero attached hydrogens (tertiary/aromatic N) is 2. The van der Waals surface area contributed by atoms with Gasteiger partial charge in [0.15, 0.2) is 6.10 Å². The first-order valence-electron chi connectivity index (χ1n) is 9.27. The molecule has 1 aromatic rings. The molecule has 148 valence electrons.